The number of benzene rings is 2. The van der Waals surface area contributed by atoms with E-state index in [2.05, 4.69) is 11.1 Å². The summed E-state index contributed by atoms with van der Waals surface area (Å²) in [6, 6.07) is 13.9. The summed E-state index contributed by atoms with van der Waals surface area (Å²) in [6.45, 7) is 1.51. The predicted octanol–water partition coefficient (Wildman–Crippen LogP) is 2.23. The molecular weight excluding hydrogens is 359 g/mol. The van der Waals surface area contributed by atoms with Crippen LogP contribution in [0.25, 0.3) is 0 Å². The van der Waals surface area contributed by atoms with Gasteiger partial charge in [0.15, 0.2) is 0 Å². The number of hydrogen-bond donors (Lipinski definition) is 0. The van der Waals surface area contributed by atoms with Crippen molar-refractivity contribution < 1.29 is 14.0 Å². The Balaban J connectivity index is 1.56. The molecule has 7 heteroatoms. The number of rotatable bonds is 2. The smallest absolute Gasteiger partial charge is 0.253 e. The number of amides is 2. The molecular formula is C21H17FN4O2. The SMILES string of the molecule is N#Cc1ccc([C@@H]2[C@@H]3C(=O)N(c4ccc(F)cc4)C(=O)[C@H]3N3CCCN23)cc1. The summed E-state index contributed by atoms with van der Waals surface area (Å²) in [5.74, 6) is -1.45. The van der Waals surface area contributed by atoms with Crippen molar-refractivity contribution in [3.63, 3.8) is 0 Å². The van der Waals surface area contributed by atoms with Gasteiger partial charge in [0.1, 0.15) is 11.9 Å². The molecule has 0 saturated carbocycles. The second-order valence-electron chi connectivity index (χ2n) is 7.32. The van der Waals surface area contributed by atoms with E-state index in [1.165, 1.54) is 29.2 Å². The average molecular weight is 376 g/mol. The van der Waals surface area contributed by atoms with Crippen molar-refractivity contribution in [2.75, 3.05) is 18.0 Å². The molecule has 0 bridgehead atoms. The number of carbonyl (C=O) groups excluding carboxylic acids is 2. The van der Waals surface area contributed by atoms with Crippen molar-refractivity contribution in [2.45, 2.75) is 18.5 Å². The maximum Gasteiger partial charge on any atom is 0.253 e. The lowest BCUT2D eigenvalue weighted by Gasteiger charge is -2.29. The Bertz CT molecular complexity index is 999. The number of nitrogens with zero attached hydrogens (tertiary/aromatic N) is 4. The zero-order valence-electron chi connectivity index (χ0n) is 15.0. The highest BCUT2D eigenvalue weighted by atomic mass is 19.1. The van der Waals surface area contributed by atoms with E-state index in [4.69, 9.17) is 5.26 Å². The Morgan fingerprint density at radius 1 is 0.893 bits per heavy atom. The van der Waals surface area contributed by atoms with Crippen LogP contribution in [0, 0.1) is 23.1 Å². The van der Waals surface area contributed by atoms with Crippen LogP contribution in [0.1, 0.15) is 23.6 Å². The van der Waals surface area contributed by atoms with Crippen molar-refractivity contribution in [2.24, 2.45) is 5.92 Å². The van der Waals surface area contributed by atoms with Crippen molar-refractivity contribution in [1.29, 1.82) is 5.26 Å². The van der Waals surface area contributed by atoms with Crippen LogP contribution in [0.4, 0.5) is 10.1 Å². The molecule has 0 spiro atoms. The highest BCUT2D eigenvalue weighted by molar-refractivity contribution is 6.24. The lowest BCUT2D eigenvalue weighted by atomic mass is 9.89. The first-order valence-corrected chi connectivity index (χ1v) is 9.27. The largest absolute Gasteiger partial charge is 0.274 e. The van der Waals surface area contributed by atoms with Gasteiger partial charge in [0.05, 0.1) is 29.3 Å². The normalized spacial score (nSPS) is 27.1. The lowest BCUT2D eigenvalue weighted by Crippen LogP contribution is -2.44. The number of nitriles is 1. The molecule has 5 rings (SSSR count). The quantitative estimate of drug-likeness (QED) is 0.752. The summed E-state index contributed by atoms with van der Waals surface area (Å²) in [5.41, 5.74) is 1.87. The molecule has 6 nitrogen and oxygen atoms in total. The van der Waals surface area contributed by atoms with E-state index in [9.17, 15) is 14.0 Å². The van der Waals surface area contributed by atoms with Crippen molar-refractivity contribution in [3.8, 4) is 6.07 Å². The Morgan fingerprint density at radius 2 is 1.54 bits per heavy atom. The summed E-state index contributed by atoms with van der Waals surface area (Å²) in [7, 11) is 0. The molecule has 3 heterocycles. The Hall–Kier alpha value is -3.08. The topological polar surface area (TPSA) is 67.6 Å². The summed E-state index contributed by atoms with van der Waals surface area (Å²) >= 11 is 0. The number of fused-ring (bicyclic) bond motifs is 3. The summed E-state index contributed by atoms with van der Waals surface area (Å²) in [5, 5.41) is 13.2. The first-order valence-electron chi connectivity index (χ1n) is 9.27. The number of anilines is 1. The number of hydrazine groups is 1. The van der Waals surface area contributed by atoms with E-state index in [-0.39, 0.29) is 17.9 Å². The first kappa shape index (κ1) is 17.0. The molecule has 3 fully saturated rings. The molecule has 0 N–H and O–H groups in total. The van der Waals surface area contributed by atoms with Gasteiger partial charge in [-0.05, 0) is 48.4 Å². The van der Waals surface area contributed by atoms with Gasteiger partial charge in [0.25, 0.3) is 5.91 Å². The molecule has 2 aromatic carbocycles. The standard InChI is InChI=1S/C21H17FN4O2/c22-15-6-8-16(9-7-15)26-20(27)17-18(14-4-2-13(12-23)3-5-14)24-10-1-11-25(24)19(17)21(26)28/h2-9,17-19H,1,10-11H2/t17-,18+,19-/m0/s1. The van der Waals surface area contributed by atoms with E-state index in [1.807, 2.05) is 17.1 Å². The first-order chi connectivity index (χ1) is 13.6. The third-order valence-corrected chi connectivity index (χ3v) is 5.87. The molecule has 0 radical (unpaired) electrons. The summed E-state index contributed by atoms with van der Waals surface area (Å²) < 4.78 is 13.3. The van der Waals surface area contributed by atoms with Gasteiger partial charge in [0.2, 0.25) is 5.91 Å². The van der Waals surface area contributed by atoms with Crippen LogP contribution < -0.4 is 4.90 Å². The predicted molar refractivity (Wildman–Crippen MR) is 98.1 cm³/mol. The van der Waals surface area contributed by atoms with Gasteiger partial charge in [-0.25, -0.2) is 19.3 Å². The monoisotopic (exact) mass is 376 g/mol. The van der Waals surface area contributed by atoms with E-state index in [0.717, 1.165) is 25.1 Å². The van der Waals surface area contributed by atoms with Gasteiger partial charge in [0, 0.05) is 13.1 Å². The van der Waals surface area contributed by atoms with Crippen LogP contribution in [0.15, 0.2) is 48.5 Å². The molecule has 3 atom stereocenters. The third-order valence-electron chi connectivity index (χ3n) is 5.87. The highest BCUT2D eigenvalue weighted by Crippen LogP contribution is 2.48. The molecule has 3 aliphatic heterocycles. The minimum atomic E-state index is -0.541. The molecule has 28 heavy (non-hydrogen) atoms. The number of imide groups is 1. The van der Waals surface area contributed by atoms with E-state index in [0.29, 0.717) is 11.3 Å². The number of carbonyl (C=O) groups is 2. The van der Waals surface area contributed by atoms with Gasteiger partial charge in [-0.1, -0.05) is 12.1 Å². The zero-order valence-corrected chi connectivity index (χ0v) is 15.0. The summed E-state index contributed by atoms with van der Waals surface area (Å²) in [6.07, 6.45) is 0.925. The van der Waals surface area contributed by atoms with Crippen LogP contribution in [-0.4, -0.2) is 41.0 Å². The fourth-order valence-electron chi connectivity index (χ4n) is 4.71. The molecule has 0 aromatic heterocycles. The Morgan fingerprint density at radius 3 is 2.18 bits per heavy atom. The molecule has 140 valence electrons. The maximum atomic E-state index is 13.3. The van der Waals surface area contributed by atoms with Crippen molar-refractivity contribution in [3.05, 3.63) is 65.5 Å². The minimum absolute atomic E-state index is 0.248. The van der Waals surface area contributed by atoms with Crippen molar-refractivity contribution >= 4 is 17.5 Å². The Kier molecular flexibility index (Phi) is 3.79. The second kappa shape index (κ2) is 6.23. The van der Waals surface area contributed by atoms with E-state index in [1.54, 1.807) is 12.1 Å². The molecule has 0 unspecified atom stereocenters. The van der Waals surface area contributed by atoms with Gasteiger partial charge in [-0.3, -0.25) is 9.59 Å². The van der Waals surface area contributed by atoms with Crippen LogP contribution in [0.2, 0.25) is 0 Å². The van der Waals surface area contributed by atoms with E-state index >= 15 is 0 Å². The van der Waals surface area contributed by atoms with Gasteiger partial charge >= 0.3 is 0 Å². The molecule has 2 aromatic rings. The maximum absolute atomic E-state index is 13.3. The van der Waals surface area contributed by atoms with Gasteiger partial charge in [-0.15, -0.1) is 0 Å². The zero-order chi connectivity index (χ0) is 19.4. The lowest BCUT2D eigenvalue weighted by molar-refractivity contribution is -0.126. The average Bonchev–Trinajstić information content (AvgIpc) is 3.35. The third kappa shape index (κ3) is 2.32. The number of hydrogen-bond acceptors (Lipinski definition) is 5. The second-order valence-corrected chi connectivity index (χ2v) is 7.32. The molecule has 3 aliphatic rings. The van der Waals surface area contributed by atoms with Crippen LogP contribution in [0.3, 0.4) is 0 Å². The Labute approximate surface area is 161 Å². The van der Waals surface area contributed by atoms with Crippen LogP contribution in [0.5, 0.6) is 0 Å². The van der Waals surface area contributed by atoms with Gasteiger partial charge < -0.3 is 0 Å². The minimum Gasteiger partial charge on any atom is -0.274 e. The van der Waals surface area contributed by atoms with Crippen LogP contribution in [-0.2, 0) is 9.59 Å². The molecule has 2 amide bonds. The van der Waals surface area contributed by atoms with Crippen molar-refractivity contribution in [1.82, 2.24) is 10.0 Å². The molecule has 0 aliphatic carbocycles. The van der Waals surface area contributed by atoms with E-state index < -0.39 is 17.8 Å². The highest BCUT2D eigenvalue weighted by Gasteiger charge is 2.62. The van der Waals surface area contributed by atoms with Crippen LogP contribution >= 0.6 is 0 Å². The number of halogens is 1. The fourth-order valence-corrected chi connectivity index (χ4v) is 4.71. The fraction of sp³-hybridized carbons (Fsp3) is 0.286. The summed E-state index contributed by atoms with van der Waals surface area (Å²) in [4.78, 5) is 27.7. The molecule has 3 saturated heterocycles. The van der Waals surface area contributed by atoms with Gasteiger partial charge in [-0.2, -0.15) is 5.26 Å².